The fraction of sp³-hybridized carbons (Fsp3) is 0.312. The summed E-state index contributed by atoms with van der Waals surface area (Å²) in [7, 11) is 1.82. The second kappa shape index (κ2) is 11.1. The van der Waals surface area contributed by atoms with Gasteiger partial charge in [-0.25, -0.2) is 33.1 Å². The summed E-state index contributed by atoms with van der Waals surface area (Å²) in [5, 5.41) is 10.7. The Labute approximate surface area is 257 Å². The molecule has 1 aliphatic heterocycles. The third-order valence-electron chi connectivity index (χ3n) is 8.25. The van der Waals surface area contributed by atoms with Gasteiger partial charge in [0.25, 0.3) is 0 Å². The maximum absolute atomic E-state index is 16.0. The van der Waals surface area contributed by atoms with E-state index >= 15 is 8.78 Å². The lowest BCUT2D eigenvalue weighted by atomic mass is 9.99. The summed E-state index contributed by atoms with van der Waals surface area (Å²) in [5.74, 6) is -2.47. The summed E-state index contributed by atoms with van der Waals surface area (Å²) in [6.45, 7) is 12.1. The summed E-state index contributed by atoms with van der Waals surface area (Å²) >= 11 is 0. The fourth-order valence-corrected chi connectivity index (χ4v) is 6.14. The van der Waals surface area contributed by atoms with Crippen LogP contribution < -0.4 is 10.6 Å². The third kappa shape index (κ3) is 4.78. The van der Waals surface area contributed by atoms with Crippen LogP contribution in [0.4, 0.5) is 14.6 Å². The van der Waals surface area contributed by atoms with E-state index in [-0.39, 0.29) is 34.7 Å². The molecule has 5 aromatic rings. The summed E-state index contributed by atoms with van der Waals surface area (Å²) in [6.07, 6.45) is 2.89. The number of fused-ring (bicyclic) bond motifs is 2. The van der Waals surface area contributed by atoms with Gasteiger partial charge in [-0.2, -0.15) is 4.98 Å². The Morgan fingerprint density at radius 2 is 1.89 bits per heavy atom. The zero-order valence-electron chi connectivity index (χ0n) is 25.5. The van der Waals surface area contributed by atoms with Gasteiger partial charge in [-0.15, -0.1) is 0 Å². The molecule has 0 radical (unpaired) electrons. The lowest BCUT2D eigenvalue weighted by molar-refractivity contribution is -0.126. The number of hydrogen-bond donors (Lipinski definition) is 1. The number of aromatic nitrogens is 6. The van der Waals surface area contributed by atoms with Crippen molar-refractivity contribution in [1.29, 1.82) is 0 Å². The zero-order chi connectivity index (χ0) is 32.3. The van der Waals surface area contributed by atoms with Crippen molar-refractivity contribution in [2.45, 2.75) is 39.7 Å². The molecule has 1 saturated heterocycles. The van der Waals surface area contributed by atoms with Gasteiger partial charge in [0.05, 0.1) is 28.7 Å². The molecule has 232 valence electrons. The first-order valence-corrected chi connectivity index (χ1v) is 14.5. The number of phenolic OH excluding ortho intramolecular Hbond substituents is 1. The number of amides is 1. The average Bonchev–Trinajstić information content (AvgIpc) is 3.35. The number of anilines is 1. The van der Waals surface area contributed by atoms with Crippen LogP contribution in [0.25, 0.3) is 39.1 Å². The standard InChI is InChI=1S/C32H32F2N8O3/c1-7-23(44)40-11-12-41(17(4)14-40)29-19-13-21(34)26(25-20(33)9-8-10-22(25)43)37-30(19)42(32(45)38-29)28-18(5)36-31-27(24(28)16(2)3)35-15-39(31)6/h7-10,13,15-17,43H,1,11-12,14H2,2-6H3/t17-/m0/s1. The van der Waals surface area contributed by atoms with Gasteiger partial charge in [-0.3, -0.25) is 4.79 Å². The van der Waals surface area contributed by atoms with E-state index in [1.807, 2.05) is 32.7 Å². The first kappa shape index (κ1) is 29.9. The monoisotopic (exact) mass is 614 g/mol. The second-order valence-electron chi connectivity index (χ2n) is 11.6. The molecular formula is C32H32F2N8O3. The normalized spacial score (nSPS) is 15.4. The first-order valence-electron chi connectivity index (χ1n) is 14.5. The number of nitrogens with zero attached hydrogens (tertiary/aromatic N) is 8. The molecule has 1 aliphatic rings. The summed E-state index contributed by atoms with van der Waals surface area (Å²) in [4.78, 5) is 48.3. The molecule has 4 aromatic heterocycles. The molecule has 0 bridgehead atoms. The van der Waals surface area contributed by atoms with Crippen molar-refractivity contribution < 1.29 is 18.7 Å². The van der Waals surface area contributed by atoms with Gasteiger partial charge in [-0.05, 0) is 44.0 Å². The van der Waals surface area contributed by atoms with E-state index in [4.69, 9.17) is 4.98 Å². The van der Waals surface area contributed by atoms with Crippen molar-refractivity contribution >= 4 is 33.9 Å². The summed E-state index contributed by atoms with van der Waals surface area (Å²) < 4.78 is 34.1. The number of imidazole rings is 1. The van der Waals surface area contributed by atoms with E-state index in [1.54, 1.807) is 22.7 Å². The highest BCUT2D eigenvalue weighted by Gasteiger charge is 2.31. The van der Waals surface area contributed by atoms with Crippen LogP contribution in [0.2, 0.25) is 0 Å². The Hall–Kier alpha value is -5.20. The van der Waals surface area contributed by atoms with Crippen LogP contribution in [0, 0.1) is 18.6 Å². The van der Waals surface area contributed by atoms with Crippen molar-refractivity contribution in [3.63, 3.8) is 0 Å². The van der Waals surface area contributed by atoms with Crippen LogP contribution in [0.1, 0.15) is 37.9 Å². The molecule has 1 N–H and O–H groups in total. The molecule has 5 heterocycles. The summed E-state index contributed by atoms with van der Waals surface area (Å²) in [5.41, 5.74) is 1.19. The maximum atomic E-state index is 16.0. The molecule has 45 heavy (non-hydrogen) atoms. The average molecular weight is 615 g/mol. The van der Waals surface area contributed by atoms with E-state index in [0.717, 1.165) is 12.1 Å². The first-order chi connectivity index (χ1) is 21.4. The highest BCUT2D eigenvalue weighted by atomic mass is 19.1. The predicted molar refractivity (Wildman–Crippen MR) is 167 cm³/mol. The lowest BCUT2D eigenvalue weighted by Gasteiger charge is -2.40. The smallest absolute Gasteiger partial charge is 0.355 e. The minimum absolute atomic E-state index is 0.00271. The van der Waals surface area contributed by atoms with Crippen molar-refractivity contribution in [2.24, 2.45) is 7.05 Å². The largest absolute Gasteiger partial charge is 0.507 e. The Kier molecular flexibility index (Phi) is 7.34. The maximum Gasteiger partial charge on any atom is 0.355 e. The molecular weight excluding hydrogens is 582 g/mol. The van der Waals surface area contributed by atoms with E-state index in [2.05, 4.69) is 21.5 Å². The number of piperazine rings is 1. The predicted octanol–water partition coefficient (Wildman–Crippen LogP) is 4.37. The molecule has 1 amide bonds. The molecule has 1 atom stereocenters. The molecule has 13 heteroatoms. The van der Waals surface area contributed by atoms with Gasteiger partial charge in [0.1, 0.15) is 28.6 Å². The van der Waals surface area contributed by atoms with E-state index in [1.165, 1.54) is 22.8 Å². The van der Waals surface area contributed by atoms with Gasteiger partial charge in [0.2, 0.25) is 5.91 Å². The van der Waals surface area contributed by atoms with Gasteiger partial charge in [0, 0.05) is 38.3 Å². The number of benzene rings is 1. The van der Waals surface area contributed by atoms with E-state index < -0.39 is 34.3 Å². The van der Waals surface area contributed by atoms with Crippen LogP contribution in [-0.4, -0.2) is 70.7 Å². The van der Waals surface area contributed by atoms with Crippen molar-refractivity contribution in [2.75, 3.05) is 24.5 Å². The number of carbonyl (C=O) groups excluding carboxylic acids is 1. The van der Waals surface area contributed by atoms with Crippen molar-refractivity contribution in [1.82, 2.24) is 34.0 Å². The zero-order valence-corrected chi connectivity index (χ0v) is 25.5. The number of pyridine rings is 2. The highest BCUT2D eigenvalue weighted by Crippen LogP contribution is 2.38. The number of phenols is 1. The Balaban J connectivity index is 1.70. The van der Waals surface area contributed by atoms with Gasteiger partial charge < -0.3 is 19.5 Å². The Morgan fingerprint density at radius 1 is 1.13 bits per heavy atom. The van der Waals surface area contributed by atoms with E-state index in [0.29, 0.717) is 47.7 Å². The number of halogens is 2. The van der Waals surface area contributed by atoms with Crippen LogP contribution in [-0.2, 0) is 11.8 Å². The van der Waals surface area contributed by atoms with Crippen molar-refractivity contribution in [3.8, 4) is 22.7 Å². The molecule has 0 unspecified atom stereocenters. The van der Waals surface area contributed by atoms with Gasteiger partial charge in [0.15, 0.2) is 17.1 Å². The third-order valence-corrected chi connectivity index (χ3v) is 8.25. The van der Waals surface area contributed by atoms with E-state index in [9.17, 15) is 14.7 Å². The Morgan fingerprint density at radius 3 is 2.56 bits per heavy atom. The highest BCUT2D eigenvalue weighted by molar-refractivity contribution is 5.92. The fourth-order valence-electron chi connectivity index (χ4n) is 6.14. The summed E-state index contributed by atoms with van der Waals surface area (Å²) in [6, 6.07) is 4.49. The molecule has 0 spiro atoms. The topological polar surface area (TPSA) is 122 Å². The number of aromatic hydroxyl groups is 1. The van der Waals surface area contributed by atoms with Crippen LogP contribution in [0.3, 0.4) is 0 Å². The molecule has 1 aromatic carbocycles. The molecule has 0 saturated carbocycles. The van der Waals surface area contributed by atoms with Gasteiger partial charge in [-0.1, -0.05) is 26.5 Å². The SMILES string of the molecule is C=CC(=O)N1CCN(c2nc(=O)n(-c3c(C)nc4c(ncn4C)c3C(C)C)c3nc(-c4c(O)cccc4F)c(F)cc23)[C@@H](C)C1. The number of rotatable bonds is 5. The van der Waals surface area contributed by atoms with Crippen LogP contribution >= 0.6 is 0 Å². The quantitative estimate of drug-likeness (QED) is 0.290. The van der Waals surface area contributed by atoms with Crippen LogP contribution in [0.15, 0.2) is 48.0 Å². The molecule has 11 nitrogen and oxygen atoms in total. The minimum Gasteiger partial charge on any atom is -0.507 e. The molecule has 0 aliphatic carbocycles. The molecule has 1 fully saturated rings. The lowest BCUT2D eigenvalue weighted by Crippen LogP contribution is -2.54. The number of hydrogen-bond acceptors (Lipinski definition) is 8. The molecule has 6 rings (SSSR count). The van der Waals surface area contributed by atoms with Crippen LogP contribution in [0.5, 0.6) is 5.75 Å². The second-order valence-corrected chi connectivity index (χ2v) is 11.6. The number of carbonyl (C=O) groups is 1. The van der Waals surface area contributed by atoms with Gasteiger partial charge >= 0.3 is 5.69 Å². The Bertz CT molecular complexity index is 2070. The minimum atomic E-state index is -0.914. The van der Waals surface area contributed by atoms with Crippen molar-refractivity contribution in [3.05, 3.63) is 76.6 Å². The number of aryl methyl sites for hydroxylation is 2.